The molecule has 1 saturated carbocycles. The smallest absolute Gasteiger partial charge is 0.0917 e. The molecule has 0 amide bonds. The van der Waals surface area contributed by atoms with Crippen molar-refractivity contribution >= 4 is 0 Å². The van der Waals surface area contributed by atoms with Crippen LogP contribution in [0.3, 0.4) is 0 Å². The van der Waals surface area contributed by atoms with Crippen molar-refractivity contribution in [3.63, 3.8) is 0 Å². The van der Waals surface area contributed by atoms with Crippen LogP contribution in [0.2, 0.25) is 0 Å². The van der Waals surface area contributed by atoms with Gasteiger partial charge in [0.15, 0.2) is 0 Å². The zero-order valence-electron chi connectivity index (χ0n) is 7.97. The van der Waals surface area contributed by atoms with E-state index in [0.29, 0.717) is 11.3 Å². The molecule has 1 heterocycles. The summed E-state index contributed by atoms with van der Waals surface area (Å²) >= 11 is 0. The summed E-state index contributed by atoms with van der Waals surface area (Å²) in [4.78, 5) is 0. The topological polar surface area (TPSA) is 29.5 Å². The Hall–Kier alpha value is -0.0800. The van der Waals surface area contributed by atoms with Gasteiger partial charge in [-0.1, -0.05) is 6.92 Å². The van der Waals surface area contributed by atoms with Crippen LogP contribution in [0, 0.1) is 11.3 Å². The molecule has 2 heteroatoms. The highest BCUT2D eigenvalue weighted by Gasteiger charge is 2.55. The number of ether oxygens (including phenoxy) is 1. The van der Waals surface area contributed by atoms with Crippen molar-refractivity contribution in [1.29, 1.82) is 0 Å². The monoisotopic (exact) mass is 170 g/mol. The van der Waals surface area contributed by atoms with Crippen LogP contribution >= 0.6 is 0 Å². The average Bonchev–Trinajstić information content (AvgIpc) is 2.00. The summed E-state index contributed by atoms with van der Waals surface area (Å²) in [5, 5.41) is 9.26. The molecule has 70 valence electrons. The molecule has 1 N–H and O–H groups in total. The predicted octanol–water partition coefficient (Wildman–Crippen LogP) is 1.57. The number of aliphatic hydroxyl groups excluding tert-OH is 1. The lowest BCUT2D eigenvalue weighted by molar-refractivity contribution is -0.218. The van der Waals surface area contributed by atoms with E-state index >= 15 is 0 Å². The molecule has 0 spiro atoms. The standard InChI is InChI=1S/C10H18O2/c1-9-4-3-8(9)10(2,7-11)12-6-5-9/h8,11H,3-7H2,1-2H3/t8-,9-,10?/m1/s1. The minimum absolute atomic E-state index is 0.174. The summed E-state index contributed by atoms with van der Waals surface area (Å²) in [6.07, 6.45) is 3.72. The molecule has 1 aliphatic carbocycles. The minimum atomic E-state index is -0.245. The van der Waals surface area contributed by atoms with Gasteiger partial charge in [-0.3, -0.25) is 0 Å². The van der Waals surface area contributed by atoms with Gasteiger partial charge in [-0.25, -0.2) is 0 Å². The zero-order chi connectivity index (χ0) is 8.82. The second-order valence-corrected chi connectivity index (χ2v) is 4.81. The summed E-state index contributed by atoms with van der Waals surface area (Å²) in [6.45, 7) is 5.38. The summed E-state index contributed by atoms with van der Waals surface area (Å²) in [5.74, 6) is 0.587. The Morgan fingerprint density at radius 1 is 1.42 bits per heavy atom. The van der Waals surface area contributed by atoms with E-state index in [1.165, 1.54) is 19.3 Å². The quantitative estimate of drug-likeness (QED) is 0.647. The van der Waals surface area contributed by atoms with Crippen LogP contribution in [-0.2, 0) is 4.74 Å². The van der Waals surface area contributed by atoms with E-state index in [4.69, 9.17) is 4.74 Å². The maximum Gasteiger partial charge on any atom is 0.0917 e. The fraction of sp³-hybridized carbons (Fsp3) is 1.00. The van der Waals surface area contributed by atoms with Crippen LogP contribution < -0.4 is 0 Å². The number of rotatable bonds is 1. The third kappa shape index (κ3) is 0.944. The highest BCUT2D eigenvalue weighted by Crippen LogP contribution is 2.57. The largest absolute Gasteiger partial charge is 0.393 e. The molecule has 2 nitrogen and oxygen atoms in total. The highest BCUT2D eigenvalue weighted by atomic mass is 16.5. The molecule has 2 fully saturated rings. The van der Waals surface area contributed by atoms with E-state index in [-0.39, 0.29) is 12.2 Å². The number of hydrogen-bond donors (Lipinski definition) is 1. The molecule has 3 atom stereocenters. The van der Waals surface area contributed by atoms with Crippen LogP contribution in [0.15, 0.2) is 0 Å². The van der Waals surface area contributed by atoms with Gasteiger partial charge in [0.05, 0.1) is 12.2 Å². The molecule has 1 unspecified atom stereocenters. The Morgan fingerprint density at radius 3 is 2.58 bits per heavy atom. The molecule has 12 heavy (non-hydrogen) atoms. The first-order valence-corrected chi connectivity index (χ1v) is 4.86. The van der Waals surface area contributed by atoms with E-state index in [2.05, 4.69) is 6.92 Å². The van der Waals surface area contributed by atoms with Crippen molar-refractivity contribution in [3.8, 4) is 0 Å². The molecule has 2 rings (SSSR count). The van der Waals surface area contributed by atoms with Crippen LogP contribution in [-0.4, -0.2) is 23.9 Å². The normalized spacial score (nSPS) is 52.8. The number of hydrogen-bond acceptors (Lipinski definition) is 2. The molecule has 1 saturated heterocycles. The van der Waals surface area contributed by atoms with Gasteiger partial charge >= 0.3 is 0 Å². The second-order valence-electron chi connectivity index (χ2n) is 4.81. The molecular weight excluding hydrogens is 152 g/mol. The first kappa shape index (κ1) is 8.52. The van der Waals surface area contributed by atoms with Crippen LogP contribution in [0.5, 0.6) is 0 Å². The SMILES string of the molecule is CC1(CO)OCC[C@@]2(C)CC[C@@H]12. The predicted molar refractivity (Wildman–Crippen MR) is 46.9 cm³/mol. The summed E-state index contributed by atoms with van der Waals surface area (Å²) in [7, 11) is 0. The fourth-order valence-corrected chi connectivity index (χ4v) is 2.90. The van der Waals surface area contributed by atoms with Crippen LogP contribution in [0.25, 0.3) is 0 Å². The van der Waals surface area contributed by atoms with E-state index in [9.17, 15) is 5.11 Å². The lowest BCUT2D eigenvalue weighted by Gasteiger charge is -2.58. The Kier molecular flexibility index (Phi) is 1.74. The molecule has 0 bridgehead atoms. The molecular formula is C10H18O2. The second kappa shape index (κ2) is 2.46. The molecule has 0 aromatic heterocycles. The minimum Gasteiger partial charge on any atom is -0.393 e. The Labute approximate surface area is 73.9 Å². The van der Waals surface area contributed by atoms with Crippen LogP contribution in [0.4, 0.5) is 0 Å². The van der Waals surface area contributed by atoms with E-state index in [1.807, 2.05) is 6.92 Å². The average molecular weight is 170 g/mol. The van der Waals surface area contributed by atoms with Crippen LogP contribution in [0.1, 0.15) is 33.1 Å². The van der Waals surface area contributed by atoms with E-state index < -0.39 is 0 Å². The molecule has 0 aromatic rings. The van der Waals surface area contributed by atoms with Gasteiger partial charge in [-0.15, -0.1) is 0 Å². The molecule has 0 radical (unpaired) electrons. The lowest BCUT2D eigenvalue weighted by atomic mass is 9.53. The fourth-order valence-electron chi connectivity index (χ4n) is 2.90. The van der Waals surface area contributed by atoms with Crippen molar-refractivity contribution in [3.05, 3.63) is 0 Å². The highest BCUT2D eigenvalue weighted by molar-refractivity contribution is 5.04. The van der Waals surface area contributed by atoms with Crippen molar-refractivity contribution in [2.75, 3.05) is 13.2 Å². The van der Waals surface area contributed by atoms with Gasteiger partial charge in [0, 0.05) is 6.61 Å². The van der Waals surface area contributed by atoms with Gasteiger partial charge in [-0.05, 0) is 37.5 Å². The lowest BCUT2D eigenvalue weighted by Crippen LogP contribution is -2.58. The van der Waals surface area contributed by atoms with E-state index in [1.54, 1.807) is 0 Å². The van der Waals surface area contributed by atoms with Crippen molar-refractivity contribution < 1.29 is 9.84 Å². The van der Waals surface area contributed by atoms with Gasteiger partial charge in [0.1, 0.15) is 0 Å². The van der Waals surface area contributed by atoms with Crippen molar-refractivity contribution in [1.82, 2.24) is 0 Å². The Balaban J connectivity index is 2.17. The molecule has 0 aromatic carbocycles. The maximum atomic E-state index is 9.26. The first-order valence-electron chi connectivity index (χ1n) is 4.86. The number of fused-ring (bicyclic) bond motifs is 1. The van der Waals surface area contributed by atoms with Gasteiger partial charge in [0.25, 0.3) is 0 Å². The van der Waals surface area contributed by atoms with Gasteiger partial charge in [0.2, 0.25) is 0 Å². The molecule has 1 aliphatic heterocycles. The summed E-state index contributed by atoms with van der Waals surface area (Å²) in [5.41, 5.74) is 0.223. The molecule has 2 aliphatic rings. The third-order valence-electron chi connectivity index (χ3n) is 4.00. The number of aliphatic hydroxyl groups is 1. The van der Waals surface area contributed by atoms with Gasteiger partial charge in [-0.2, -0.15) is 0 Å². The van der Waals surface area contributed by atoms with Gasteiger partial charge < -0.3 is 9.84 Å². The first-order chi connectivity index (χ1) is 5.61. The van der Waals surface area contributed by atoms with Crippen molar-refractivity contribution in [2.45, 2.75) is 38.7 Å². The Morgan fingerprint density at radius 2 is 2.17 bits per heavy atom. The summed E-state index contributed by atoms with van der Waals surface area (Å²) in [6, 6.07) is 0. The maximum absolute atomic E-state index is 9.26. The third-order valence-corrected chi connectivity index (χ3v) is 4.00. The summed E-state index contributed by atoms with van der Waals surface area (Å²) < 4.78 is 5.66. The van der Waals surface area contributed by atoms with Crippen molar-refractivity contribution in [2.24, 2.45) is 11.3 Å². The Bertz CT molecular complexity index is 192. The van der Waals surface area contributed by atoms with E-state index in [0.717, 1.165) is 6.61 Å². The zero-order valence-corrected chi connectivity index (χ0v) is 7.97.